The molecule has 0 aliphatic heterocycles. The maximum absolute atomic E-state index is 13.7. The van der Waals surface area contributed by atoms with Crippen LogP contribution in [0.4, 0.5) is 10.1 Å². The van der Waals surface area contributed by atoms with Gasteiger partial charge in [0.25, 0.3) is 10.0 Å². The molecule has 0 saturated heterocycles. The summed E-state index contributed by atoms with van der Waals surface area (Å²) in [5, 5.41) is 0. The first-order valence-electron chi connectivity index (χ1n) is 5.46. The third-order valence-electron chi connectivity index (χ3n) is 2.28. The molecule has 0 saturated carbocycles. The van der Waals surface area contributed by atoms with Gasteiger partial charge in [0.05, 0.1) is 6.26 Å². The van der Waals surface area contributed by atoms with Crippen LogP contribution in [0.25, 0.3) is 0 Å². The first kappa shape index (κ1) is 13.4. The lowest BCUT2D eigenvalue weighted by Crippen LogP contribution is -2.34. The Balaban J connectivity index is 2.41. The third-order valence-corrected chi connectivity index (χ3v) is 3.16. The number of para-hydroxylation sites is 2. The van der Waals surface area contributed by atoms with Crippen LogP contribution >= 0.6 is 0 Å². The molecule has 0 spiro atoms. The molecule has 0 unspecified atom stereocenters. The maximum Gasteiger partial charge on any atom is 0.263 e. The molecule has 0 atom stereocenters. The van der Waals surface area contributed by atoms with Crippen molar-refractivity contribution >= 4 is 15.7 Å². The molecule has 0 amide bonds. The molecule has 0 heterocycles. The van der Waals surface area contributed by atoms with Gasteiger partial charge in [-0.3, -0.25) is 0 Å². The van der Waals surface area contributed by atoms with E-state index in [1.54, 1.807) is 30.3 Å². The third kappa shape index (κ3) is 3.23. The molecule has 4 nitrogen and oxygen atoms in total. The zero-order valence-corrected chi connectivity index (χ0v) is 11.0. The van der Waals surface area contributed by atoms with Crippen molar-refractivity contribution in [3.8, 4) is 5.75 Å². The minimum Gasteiger partial charge on any atom is -0.365 e. The van der Waals surface area contributed by atoms with Gasteiger partial charge >= 0.3 is 0 Å². The van der Waals surface area contributed by atoms with E-state index in [0.29, 0.717) is 10.2 Å². The summed E-state index contributed by atoms with van der Waals surface area (Å²) in [4.78, 5) is 5.25. The number of sulfonamides is 1. The van der Waals surface area contributed by atoms with Crippen molar-refractivity contribution in [3.63, 3.8) is 0 Å². The smallest absolute Gasteiger partial charge is 0.263 e. The highest BCUT2D eigenvalue weighted by Crippen LogP contribution is 2.23. The first-order valence-corrected chi connectivity index (χ1v) is 7.31. The van der Waals surface area contributed by atoms with Gasteiger partial charge in [0, 0.05) is 0 Å². The molecule has 0 aliphatic carbocycles. The summed E-state index contributed by atoms with van der Waals surface area (Å²) < 4.78 is 37.7. The Morgan fingerprint density at radius 3 is 2.16 bits per heavy atom. The minimum absolute atomic E-state index is 0.158. The molecule has 0 aromatic heterocycles. The number of nitrogens with zero attached hydrogens (tertiary/aromatic N) is 1. The topological polar surface area (TPSA) is 46.6 Å². The summed E-state index contributed by atoms with van der Waals surface area (Å²) in [5.41, 5.74) is -0.158. The van der Waals surface area contributed by atoms with Crippen LogP contribution in [0.15, 0.2) is 54.6 Å². The van der Waals surface area contributed by atoms with E-state index in [4.69, 9.17) is 4.84 Å². The Labute approximate surface area is 111 Å². The number of rotatable bonds is 4. The minimum atomic E-state index is -3.77. The maximum atomic E-state index is 13.7. The lowest BCUT2D eigenvalue weighted by Gasteiger charge is -2.22. The van der Waals surface area contributed by atoms with Crippen molar-refractivity contribution in [2.24, 2.45) is 0 Å². The zero-order chi connectivity index (χ0) is 13.9. The van der Waals surface area contributed by atoms with Gasteiger partial charge < -0.3 is 4.84 Å². The van der Waals surface area contributed by atoms with Crippen molar-refractivity contribution in [1.29, 1.82) is 0 Å². The molecule has 0 fully saturated rings. The van der Waals surface area contributed by atoms with Crippen LogP contribution in [0.2, 0.25) is 0 Å². The summed E-state index contributed by atoms with van der Waals surface area (Å²) in [6, 6.07) is 13.8. The highest BCUT2D eigenvalue weighted by Gasteiger charge is 2.22. The molecule has 0 radical (unpaired) electrons. The number of benzene rings is 2. The fraction of sp³-hybridized carbons (Fsp3) is 0.0769. The van der Waals surface area contributed by atoms with E-state index in [-0.39, 0.29) is 5.69 Å². The standard InChI is InChI=1S/C13H12FNO3S/c1-19(16,17)15(13-10-6-5-9-12(13)14)18-11-7-3-2-4-8-11/h2-10H,1H3. The van der Waals surface area contributed by atoms with Crippen molar-refractivity contribution in [2.45, 2.75) is 0 Å². The molecule has 2 aromatic rings. The van der Waals surface area contributed by atoms with Crippen molar-refractivity contribution in [1.82, 2.24) is 0 Å². The normalized spacial score (nSPS) is 11.1. The lowest BCUT2D eigenvalue weighted by molar-refractivity contribution is 0.334. The summed E-state index contributed by atoms with van der Waals surface area (Å²) in [6.07, 6.45) is 0.947. The second kappa shape index (κ2) is 5.27. The molecule has 2 aromatic carbocycles. The highest BCUT2D eigenvalue weighted by atomic mass is 32.2. The lowest BCUT2D eigenvalue weighted by atomic mass is 10.3. The average Bonchev–Trinajstić information content (AvgIpc) is 2.37. The van der Waals surface area contributed by atoms with Gasteiger partial charge in [0.2, 0.25) is 0 Å². The monoisotopic (exact) mass is 281 g/mol. The van der Waals surface area contributed by atoms with Crippen molar-refractivity contribution in [2.75, 3.05) is 10.7 Å². The molecular weight excluding hydrogens is 269 g/mol. The van der Waals surface area contributed by atoms with E-state index in [2.05, 4.69) is 0 Å². The number of hydrogen-bond acceptors (Lipinski definition) is 3. The number of hydrogen-bond donors (Lipinski definition) is 0. The van der Waals surface area contributed by atoms with Crippen molar-refractivity contribution in [3.05, 3.63) is 60.4 Å². The van der Waals surface area contributed by atoms with E-state index in [1.807, 2.05) is 0 Å². The van der Waals surface area contributed by atoms with Gasteiger partial charge in [0.1, 0.15) is 5.69 Å². The van der Waals surface area contributed by atoms with Gasteiger partial charge in [-0.15, -0.1) is 0 Å². The van der Waals surface area contributed by atoms with Gasteiger partial charge in [-0.05, 0) is 24.3 Å². The zero-order valence-electron chi connectivity index (χ0n) is 10.2. The van der Waals surface area contributed by atoms with E-state index in [0.717, 1.165) is 6.26 Å². The van der Waals surface area contributed by atoms with Crippen LogP contribution in [-0.4, -0.2) is 14.7 Å². The SMILES string of the molecule is CS(=O)(=O)N(Oc1ccccc1)c1ccccc1F. The Bertz CT molecular complexity index is 659. The van der Waals surface area contributed by atoms with Gasteiger partial charge in [0.15, 0.2) is 11.6 Å². The molecule has 100 valence electrons. The fourth-order valence-corrected chi connectivity index (χ4v) is 2.20. The predicted molar refractivity (Wildman–Crippen MR) is 70.8 cm³/mol. The van der Waals surface area contributed by atoms with Crippen LogP contribution in [0.3, 0.4) is 0 Å². The summed E-state index contributed by atoms with van der Waals surface area (Å²) in [5.74, 6) is -0.375. The Morgan fingerprint density at radius 1 is 1.00 bits per heavy atom. The summed E-state index contributed by atoms with van der Waals surface area (Å²) in [6.45, 7) is 0. The molecule has 6 heteroatoms. The Hall–Kier alpha value is -2.08. The molecule has 19 heavy (non-hydrogen) atoms. The molecule has 2 rings (SSSR count). The largest absolute Gasteiger partial charge is 0.365 e. The second-order valence-electron chi connectivity index (χ2n) is 3.85. The quantitative estimate of drug-likeness (QED) is 0.809. The van der Waals surface area contributed by atoms with Crippen molar-refractivity contribution < 1.29 is 17.6 Å². The predicted octanol–water partition coefficient (Wildman–Crippen LogP) is 2.59. The number of halogens is 1. The van der Waals surface area contributed by atoms with E-state index in [9.17, 15) is 12.8 Å². The van der Waals surface area contributed by atoms with Crippen LogP contribution in [0.5, 0.6) is 5.75 Å². The highest BCUT2D eigenvalue weighted by molar-refractivity contribution is 7.91. The van der Waals surface area contributed by atoms with Crippen LogP contribution in [0.1, 0.15) is 0 Å². The molecular formula is C13H12FNO3S. The first-order chi connectivity index (χ1) is 8.98. The molecule has 0 N–H and O–H groups in total. The van der Waals surface area contributed by atoms with Gasteiger partial charge in [-0.25, -0.2) is 12.8 Å². The van der Waals surface area contributed by atoms with Crippen LogP contribution < -0.4 is 9.31 Å². The van der Waals surface area contributed by atoms with Gasteiger partial charge in [-0.1, -0.05) is 34.8 Å². The fourth-order valence-electron chi connectivity index (χ4n) is 1.47. The Morgan fingerprint density at radius 2 is 1.58 bits per heavy atom. The Kier molecular flexibility index (Phi) is 3.71. The van der Waals surface area contributed by atoms with Crippen LogP contribution in [0, 0.1) is 5.82 Å². The molecule has 0 aliphatic rings. The van der Waals surface area contributed by atoms with E-state index < -0.39 is 15.8 Å². The summed E-state index contributed by atoms with van der Waals surface area (Å²) in [7, 11) is -3.77. The van der Waals surface area contributed by atoms with Crippen LogP contribution in [-0.2, 0) is 10.0 Å². The second-order valence-corrected chi connectivity index (χ2v) is 5.64. The van der Waals surface area contributed by atoms with Gasteiger partial charge in [-0.2, -0.15) is 0 Å². The van der Waals surface area contributed by atoms with E-state index >= 15 is 0 Å². The van der Waals surface area contributed by atoms with E-state index in [1.165, 1.54) is 24.3 Å². The number of anilines is 1. The summed E-state index contributed by atoms with van der Waals surface area (Å²) >= 11 is 0. The molecule has 0 bridgehead atoms. The average molecular weight is 281 g/mol.